The molecule has 1 aliphatic heterocycles. The quantitative estimate of drug-likeness (QED) is 0.0841. The number of methoxy groups -OCH3 is 1. The van der Waals surface area contributed by atoms with Crippen molar-refractivity contribution in [1.29, 1.82) is 0 Å². The van der Waals surface area contributed by atoms with E-state index < -0.39 is 162 Å². The van der Waals surface area contributed by atoms with Gasteiger partial charge in [-0.2, -0.15) is 0 Å². The first-order valence-electron chi connectivity index (χ1n) is 32.0. The van der Waals surface area contributed by atoms with Gasteiger partial charge in [-0.1, -0.05) is 116 Å². The van der Waals surface area contributed by atoms with E-state index in [1.54, 1.807) is 34.6 Å². The molecule has 2 unspecified atom stereocenters. The van der Waals surface area contributed by atoms with Gasteiger partial charge in [0.05, 0.1) is 24.8 Å². The normalized spacial score (nSPS) is 27.5. The van der Waals surface area contributed by atoms with Crippen molar-refractivity contribution >= 4 is 59.1 Å². The number of nitrogens with zero attached hydrogens (tertiary/aromatic N) is 6. The van der Waals surface area contributed by atoms with Gasteiger partial charge >= 0.3 is 5.97 Å². The molecule has 14 atom stereocenters. The summed E-state index contributed by atoms with van der Waals surface area (Å²) in [5.74, 6) is -9.66. The highest BCUT2D eigenvalue weighted by molar-refractivity contribution is 5.97. The Morgan fingerprint density at radius 3 is 1.35 bits per heavy atom. The number of cyclic esters (lactones) is 1. The minimum atomic E-state index is -1.52. The number of rotatable bonds is 18. The molecule has 512 valence electrons. The minimum absolute atomic E-state index is 0.115. The molecule has 6 N–H and O–H groups in total. The first-order chi connectivity index (χ1) is 41.1. The number of carbonyl (C=O) groups excluding carboxylic acids is 10. The lowest BCUT2D eigenvalue weighted by molar-refractivity contribution is -0.166. The van der Waals surface area contributed by atoms with Crippen LogP contribution in [-0.4, -0.2) is 234 Å². The Morgan fingerprint density at radius 1 is 0.539 bits per heavy atom. The van der Waals surface area contributed by atoms with Crippen LogP contribution in [0.4, 0.5) is 0 Å². The zero-order valence-corrected chi connectivity index (χ0v) is 58.7. The second kappa shape index (κ2) is 37.6. The number of aliphatic hydroxyl groups is 2. The van der Waals surface area contributed by atoms with Gasteiger partial charge in [0.1, 0.15) is 54.6 Å². The number of amides is 9. The van der Waals surface area contributed by atoms with Crippen LogP contribution in [0.2, 0.25) is 0 Å². The monoisotopic (exact) mass is 1260 g/mol. The van der Waals surface area contributed by atoms with Crippen LogP contribution in [0, 0.1) is 47.3 Å². The van der Waals surface area contributed by atoms with Crippen molar-refractivity contribution < 1.29 is 67.6 Å². The molecule has 24 nitrogen and oxygen atoms in total. The van der Waals surface area contributed by atoms with Gasteiger partial charge in [-0.05, 0) is 107 Å². The summed E-state index contributed by atoms with van der Waals surface area (Å²) in [6, 6.07) is -11.3. The number of hydrogen-bond donors (Lipinski definition) is 6. The van der Waals surface area contributed by atoms with E-state index in [0.29, 0.717) is 6.42 Å². The third-order valence-corrected chi connectivity index (χ3v) is 16.5. The van der Waals surface area contributed by atoms with Gasteiger partial charge in [-0.3, -0.25) is 48.5 Å². The molecule has 0 bridgehead atoms. The zero-order valence-electron chi connectivity index (χ0n) is 58.7. The molecule has 9 amide bonds. The summed E-state index contributed by atoms with van der Waals surface area (Å²) in [6.45, 7) is 31.2. The summed E-state index contributed by atoms with van der Waals surface area (Å²) >= 11 is 0. The van der Waals surface area contributed by atoms with E-state index in [1.165, 1.54) is 87.7 Å². The number of esters is 1. The average molecular weight is 1260 g/mol. The maximum absolute atomic E-state index is 15.3. The minimum Gasteiger partial charge on any atom is -0.450 e. The third kappa shape index (κ3) is 24.1. The topological polar surface area (TPSA) is 297 Å². The van der Waals surface area contributed by atoms with E-state index in [-0.39, 0.29) is 61.7 Å². The van der Waals surface area contributed by atoms with Crippen molar-refractivity contribution in [1.82, 2.24) is 50.7 Å². The van der Waals surface area contributed by atoms with Crippen molar-refractivity contribution in [3.05, 3.63) is 12.2 Å². The highest BCUT2D eigenvalue weighted by Gasteiger charge is 2.46. The largest absolute Gasteiger partial charge is 0.450 e. The molecular weight excluding hydrogens is 1140 g/mol. The maximum Gasteiger partial charge on any atom is 0.329 e. The van der Waals surface area contributed by atoms with Crippen molar-refractivity contribution in [2.75, 3.05) is 55.9 Å². The van der Waals surface area contributed by atoms with Crippen molar-refractivity contribution in [2.45, 2.75) is 242 Å². The van der Waals surface area contributed by atoms with Crippen LogP contribution < -0.4 is 21.3 Å². The SMILES string of the molecule is C/C=C\C[C@@H](C)[C@@H](O)C1C(OC)N[C@@H]([C@@H](C)O)C(=O)N(C)CC(=O)N(C)[C@@H](CC(C)C)C(=O)N[C@@H](CC(C)C)C(=O)N(C)[C@@H](CC(C)C)C(=O)N[C@@H](C)C(=O)O[C@H](C(C)C)C(=O)N(C)[C@@H](CC(C)C)C(=O)N[C@@H](CC(C)C)C(=O)N(C)[C@@H](C(C)C)C(=O)N1C. The number of nitrogens with one attached hydrogen (secondary N) is 4. The van der Waals surface area contributed by atoms with E-state index in [1.807, 2.05) is 88.3 Å². The lowest BCUT2D eigenvalue weighted by atomic mass is 9.90. The van der Waals surface area contributed by atoms with Gasteiger partial charge in [0, 0.05) is 49.4 Å². The Bertz CT molecular complexity index is 2360. The van der Waals surface area contributed by atoms with Gasteiger partial charge in [0.15, 0.2) is 6.10 Å². The maximum atomic E-state index is 15.3. The molecule has 0 radical (unpaired) electrons. The fourth-order valence-electron chi connectivity index (χ4n) is 11.2. The number of allylic oxidation sites excluding steroid dienone is 2. The molecule has 0 saturated carbocycles. The van der Waals surface area contributed by atoms with Crippen molar-refractivity contribution in [2.24, 2.45) is 47.3 Å². The van der Waals surface area contributed by atoms with Gasteiger partial charge in [0.25, 0.3) is 5.91 Å². The molecule has 24 heteroatoms. The second-order valence-corrected chi connectivity index (χ2v) is 27.6. The van der Waals surface area contributed by atoms with Crippen molar-refractivity contribution in [3.8, 4) is 0 Å². The molecule has 1 saturated heterocycles. The van der Waals surface area contributed by atoms with Crippen LogP contribution in [0.1, 0.15) is 163 Å². The Kier molecular flexibility index (Phi) is 34.3. The lowest BCUT2D eigenvalue weighted by Crippen LogP contribution is -2.66. The smallest absolute Gasteiger partial charge is 0.329 e. The fourth-order valence-corrected chi connectivity index (χ4v) is 11.2. The summed E-state index contributed by atoms with van der Waals surface area (Å²) in [4.78, 5) is 154. The van der Waals surface area contributed by atoms with E-state index in [0.717, 1.165) is 4.90 Å². The zero-order chi connectivity index (χ0) is 69.0. The van der Waals surface area contributed by atoms with E-state index in [2.05, 4.69) is 21.3 Å². The van der Waals surface area contributed by atoms with E-state index in [4.69, 9.17) is 9.47 Å². The first kappa shape index (κ1) is 81.3. The third-order valence-electron chi connectivity index (χ3n) is 16.5. The summed E-state index contributed by atoms with van der Waals surface area (Å²) in [7, 11) is 9.80. The van der Waals surface area contributed by atoms with Crippen LogP contribution in [-0.2, 0) is 57.4 Å². The van der Waals surface area contributed by atoms with Crippen LogP contribution in [0.15, 0.2) is 12.2 Å². The van der Waals surface area contributed by atoms with Crippen molar-refractivity contribution in [3.63, 3.8) is 0 Å². The highest BCUT2D eigenvalue weighted by Crippen LogP contribution is 2.26. The molecule has 1 rings (SSSR count). The molecule has 0 spiro atoms. The molecule has 0 aromatic rings. The number of likely N-dealkylation sites (N-methyl/N-ethyl adjacent to an activating group) is 6. The number of aliphatic hydroxyl groups excluding tert-OH is 2. The fraction of sp³-hybridized carbons (Fsp3) is 0.815. The van der Waals surface area contributed by atoms with Gasteiger partial charge < -0.3 is 65.0 Å². The Labute approximate surface area is 533 Å². The van der Waals surface area contributed by atoms with Crippen LogP contribution in [0.5, 0.6) is 0 Å². The van der Waals surface area contributed by atoms with Crippen LogP contribution in [0.25, 0.3) is 0 Å². The molecule has 0 aliphatic carbocycles. The number of hydrogen-bond acceptors (Lipinski definition) is 15. The standard InChI is InChI=1S/C65H118N10O14/c1-26-27-28-42(16)54(78)53-59(88-25)69-51(44(18)76)62(84)70(19)34-50(77)71(20)47(31-37(6)7)57(80)67-45(29-35(2)3)60(82)72(21)48(32-38(8)9)56(79)66-43(17)65(87)89-55(41(14)15)64(86)73(22)49(33-39(10)11)58(81)68-46(30-36(4)5)61(83)74(23)52(40(12)13)63(85)75(53)24/h26-27,35-49,51-55,59,69,76,78H,28-34H2,1-25H3,(H,66,79)(H,67,80)(H,68,81)/b27-26-/t42-,43+,44-,45+,46+,47+,48+,49+,51+,52+,53?,54-,55-,59?/m1/s1. The van der Waals surface area contributed by atoms with Gasteiger partial charge in [-0.25, -0.2) is 4.79 Å². The molecule has 1 fully saturated rings. The number of ether oxygens (including phenoxy) is 2. The molecule has 0 aromatic carbocycles. The van der Waals surface area contributed by atoms with Crippen LogP contribution >= 0.6 is 0 Å². The summed E-state index contributed by atoms with van der Waals surface area (Å²) in [6.07, 6.45) is -1.02. The predicted molar refractivity (Wildman–Crippen MR) is 343 cm³/mol. The highest BCUT2D eigenvalue weighted by atomic mass is 16.6. The second-order valence-electron chi connectivity index (χ2n) is 27.6. The Hall–Kier alpha value is -5.72. The molecule has 89 heavy (non-hydrogen) atoms. The van der Waals surface area contributed by atoms with Gasteiger partial charge in [-0.15, -0.1) is 0 Å². The van der Waals surface area contributed by atoms with Crippen LogP contribution in [0.3, 0.4) is 0 Å². The predicted octanol–water partition coefficient (Wildman–Crippen LogP) is 3.80. The Morgan fingerprint density at radius 2 is 0.955 bits per heavy atom. The van der Waals surface area contributed by atoms with E-state index in [9.17, 15) is 48.6 Å². The lowest BCUT2D eigenvalue weighted by Gasteiger charge is -2.44. The molecule has 1 heterocycles. The Balaban J connectivity index is 4.45. The van der Waals surface area contributed by atoms with Gasteiger partial charge in [0.2, 0.25) is 47.3 Å². The molecule has 1 aliphatic rings. The molecule has 0 aromatic heterocycles. The number of carbonyl (C=O) groups is 10. The van der Waals surface area contributed by atoms with E-state index >= 15 is 9.59 Å². The summed E-state index contributed by atoms with van der Waals surface area (Å²) < 4.78 is 11.9. The summed E-state index contributed by atoms with van der Waals surface area (Å²) in [5.41, 5.74) is 0. The summed E-state index contributed by atoms with van der Waals surface area (Å²) in [5, 5.41) is 35.3. The molecular formula is C65H118N10O14. The average Bonchev–Trinajstić information content (AvgIpc) is 0.968. The first-order valence-corrected chi connectivity index (χ1v) is 32.0.